The van der Waals surface area contributed by atoms with Gasteiger partial charge in [0.25, 0.3) is 11.8 Å². The van der Waals surface area contributed by atoms with E-state index in [1.54, 1.807) is 19.1 Å². The lowest BCUT2D eigenvalue weighted by Gasteiger charge is -2.14. The minimum atomic E-state index is -4.40. The molecule has 0 radical (unpaired) electrons. The first-order valence-electron chi connectivity index (χ1n) is 11.2. The second-order valence-corrected chi connectivity index (χ2v) is 12.0. The molecule has 3 aromatic rings. The fourth-order valence-electron chi connectivity index (χ4n) is 3.60. The average molecular weight is 562 g/mol. The number of imide groups is 1. The Morgan fingerprint density at radius 1 is 0.842 bits per heavy atom. The van der Waals surface area contributed by atoms with E-state index in [2.05, 4.69) is 0 Å². The van der Waals surface area contributed by atoms with Crippen LogP contribution in [0.3, 0.4) is 0 Å². The van der Waals surface area contributed by atoms with E-state index in [0.29, 0.717) is 10.6 Å². The van der Waals surface area contributed by atoms with Crippen molar-refractivity contribution in [2.75, 3.05) is 19.5 Å². The number of amides is 2. The summed E-state index contributed by atoms with van der Waals surface area (Å²) in [5, 5.41) is 10.9. The van der Waals surface area contributed by atoms with Crippen LogP contribution in [0.1, 0.15) is 32.7 Å². The molecule has 0 unspecified atom stereocenters. The number of phenols is 1. The van der Waals surface area contributed by atoms with Crippen LogP contribution in [0.2, 0.25) is 0 Å². The van der Waals surface area contributed by atoms with Crippen LogP contribution in [0.25, 0.3) is 0 Å². The van der Waals surface area contributed by atoms with Gasteiger partial charge in [-0.1, -0.05) is 12.1 Å². The van der Waals surface area contributed by atoms with Crippen molar-refractivity contribution < 1.29 is 45.3 Å². The summed E-state index contributed by atoms with van der Waals surface area (Å²) in [6.07, 6.45) is 1.22. The summed E-state index contributed by atoms with van der Waals surface area (Å²) >= 11 is 0. The van der Waals surface area contributed by atoms with Crippen LogP contribution in [0.5, 0.6) is 17.2 Å². The van der Waals surface area contributed by atoms with Crippen LogP contribution in [-0.4, -0.2) is 58.3 Å². The number of ether oxygens (including phenoxy) is 1. The number of nitrogens with zero attached hydrogens (tertiary/aromatic N) is 1. The van der Waals surface area contributed by atoms with E-state index in [9.17, 15) is 31.5 Å². The molecule has 0 fully saturated rings. The van der Waals surface area contributed by atoms with E-state index in [4.69, 9.17) is 13.8 Å². The van der Waals surface area contributed by atoms with Gasteiger partial charge >= 0.3 is 10.1 Å². The number of carbonyl (C=O) groups is 2. The Hall–Kier alpha value is -3.94. The molecule has 38 heavy (non-hydrogen) atoms. The molecule has 11 nitrogen and oxygen atoms in total. The highest BCUT2D eigenvalue weighted by Crippen LogP contribution is 2.32. The highest BCUT2D eigenvalue weighted by atomic mass is 32.2. The van der Waals surface area contributed by atoms with Crippen molar-refractivity contribution in [2.24, 2.45) is 0 Å². The van der Waals surface area contributed by atoms with Crippen LogP contribution >= 0.6 is 0 Å². The molecule has 3 aromatic carbocycles. The summed E-state index contributed by atoms with van der Waals surface area (Å²) in [6.45, 7) is 1.58. The van der Waals surface area contributed by atoms with Gasteiger partial charge in [-0.15, -0.1) is 5.06 Å². The van der Waals surface area contributed by atoms with Gasteiger partial charge in [0.2, 0.25) is 0 Å². The second kappa shape index (κ2) is 10.4. The van der Waals surface area contributed by atoms with E-state index in [1.807, 2.05) is 0 Å². The van der Waals surface area contributed by atoms with E-state index in [1.165, 1.54) is 36.4 Å². The topological polar surface area (TPSA) is 154 Å². The Kier molecular flexibility index (Phi) is 7.44. The highest BCUT2D eigenvalue weighted by molar-refractivity contribution is 7.90. The molecule has 4 rings (SSSR count). The maximum absolute atomic E-state index is 12.7. The molecule has 1 aliphatic heterocycles. The van der Waals surface area contributed by atoms with Gasteiger partial charge in [-0.2, -0.15) is 8.42 Å². The van der Waals surface area contributed by atoms with Crippen LogP contribution in [0.4, 0.5) is 0 Å². The van der Waals surface area contributed by atoms with E-state index >= 15 is 0 Å². The van der Waals surface area contributed by atoms with Crippen LogP contribution in [-0.2, 0) is 24.8 Å². The average Bonchev–Trinajstić information content (AvgIpc) is 3.09. The third kappa shape index (κ3) is 5.79. The minimum absolute atomic E-state index is 0.0162. The third-order valence-corrected chi connectivity index (χ3v) is 7.72. The lowest BCUT2D eigenvalue weighted by atomic mass is 10.1. The first-order chi connectivity index (χ1) is 17.9. The predicted molar refractivity (Wildman–Crippen MR) is 133 cm³/mol. The SMILES string of the molecule is Cc1cc(S(C)(=O)=O)cc(S(=O)(=O)Oc2ccc(OCCCON3C(=O)c4ccccc4C3=O)c(O)c2)c1. The van der Waals surface area contributed by atoms with Crippen LogP contribution < -0.4 is 8.92 Å². The Morgan fingerprint density at radius 2 is 1.47 bits per heavy atom. The number of benzene rings is 3. The number of rotatable bonds is 10. The normalized spacial score (nSPS) is 13.5. The summed E-state index contributed by atoms with van der Waals surface area (Å²) in [5.41, 5.74) is 0.941. The summed E-state index contributed by atoms with van der Waals surface area (Å²) in [6, 6.07) is 13.6. The fourth-order valence-corrected chi connectivity index (χ4v) is 5.47. The van der Waals surface area contributed by atoms with E-state index in [0.717, 1.165) is 18.4 Å². The van der Waals surface area contributed by atoms with Gasteiger partial charge in [0.1, 0.15) is 10.6 Å². The highest BCUT2D eigenvalue weighted by Gasteiger charge is 2.36. The number of fused-ring (bicyclic) bond motifs is 1. The lowest BCUT2D eigenvalue weighted by molar-refractivity contribution is -0.0935. The Bertz CT molecular complexity index is 1600. The summed E-state index contributed by atoms with van der Waals surface area (Å²) < 4.78 is 59.6. The van der Waals surface area contributed by atoms with Crippen LogP contribution in [0.15, 0.2) is 70.5 Å². The van der Waals surface area contributed by atoms with Crippen LogP contribution in [0, 0.1) is 6.92 Å². The van der Waals surface area contributed by atoms with Gasteiger partial charge in [0.05, 0.1) is 29.2 Å². The van der Waals surface area contributed by atoms with Gasteiger partial charge in [-0.3, -0.25) is 14.4 Å². The summed E-state index contributed by atoms with van der Waals surface area (Å²) in [7, 11) is -8.05. The van der Waals surface area contributed by atoms with Crippen molar-refractivity contribution in [1.29, 1.82) is 0 Å². The molecule has 0 bridgehead atoms. The number of hydroxylamine groups is 2. The molecule has 0 atom stereocenters. The molecule has 0 aromatic heterocycles. The Balaban J connectivity index is 1.32. The molecule has 0 spiro atoms. The van der Waals surface area contributed by atoms with Gasteiger partial charge < -0.3 is 14.0 Å². The van der Waals surface area contributed by atoms with E-state index in [-0.39, 0.29) is 52.1 Å². The van der Waals surface area contributed by atoms with Gasteiger partial charge in [-0.05, 0) is 55.0 Å². The molecule has 200 valence electrons. The molecule has 1 aliphatic rings. The van der Waals surface area contributed by atoms with Crippen molar-refractivity contribution in [1.82, 2.24) is 5.06 Å². The van der Waals surface area contributed by atoms with Gasteiger partial charge in [-0.25, -0.2) is 8.42 Å². The minimum Gasteiger partial charge on any atom is -0.504 e. The van der Waals surface area contributed by atoms with Crippen molar-refractivity contribution in [3.05, 3.63) is 77.4 Å². The molecule has 1 N–H and O–H groups in total. The number of phenolic OH excluding ortho intramolecular Hbond substituents is 1. The van der Waals surface area contributed by atoms with Crippen molar-refractivity contribution >= 4 is 31.8 Å². The fraction of sp³-hybridized carbons (Fsp3) is 0.200. The Labute approximate surface area is 219 Å². The number of hydrogen-bond donors (Lipinski definition) is 1. The largest absolute Gasteiger partial charge is 0.504 e. The molecule has 0 saturated heterocycles. The molecular weight excluding hydrogens is 538 g/mol. The monoisotopic (exact) mass is 561 g/mol. The maximum Gasteiger partial charge on any atom is 0.339 e. The van der Waals surface area contributed by atoms with Crippen molar-refractivity contribution in [3.63, 3.8) is 0 Å². The van der Waals surface area contributed by atoms with Gasteiger partial charge in [0.15, 0.2) is 21.3 Å². The number of carbonyl (C=O) groups excluding carboxylic acids is 2. The number of aryl methyl sites for hydroxylation is 1. The maximum atomic E-state index is 12.7. The standard InChI is InChI=1S/C25H23NO10S2/c1-16-12-18(37(2,30)31)15-19(13-16)38(32,33)36-17-8-9-23(22(27)14-17)34-10-5-11-35-26-24(28)20-6-3-4-7-21(20)25(26)29/h3-4,6-9,12-15,27H,5,10-11H2,1-2H3. The number of sulfone groups is 1. The van der Waals surface area contributed by atoms with Gasteiger partial charge in [0, 0.05) is 18.7 Å². The smallest absolute Gasteiger partial charge is 0.339 e. The van der Waals surface area contributed by atoms with Crippen molar-refractivity contribution in [2.45, 2.75) is 23.1 Å². The quantitative estimate of drug-likeness (QED) is 0.222. The zero-order valence-electron chi connectivity index (χ0n) is 20.3. The zero-order chi connectivity index (χ0) is 27.7. The summed E-state index contributed by atoms with van der Waals surface area (Å²) in [4.78, 5) is 29.3. The molecule has 0 saturated carbocycles. The first-order valence-corrected chi connectivity index (χ1v) is 14.5. The molecule has 2 amide bonds. The lowest BCUT2D eigenvalue weighted by Crippen LogP contribution is -2.30. The zero-order valence-corrected chi connectivity index (χ0v) is 21.9. The predicted octanol–water partition coefficient (Wildman–Crippen LogP) is 2.87. The third-order valence-electron chi connectivity index (χ3n) is 5.40. The second-order valence-electron chi connectivity index (χ2n) is 8.41. The molecule has 1 heterocycles. The first kappa shape index (κ1) is 27.1. The summed E-state index contributed by atoms with van der Waals surface area (Å²) in [5.74, 6) is -1.68. The van der Waals surface area contributed by atoms with E-state index < -0.39 is 37.5 Å². The molecular formula is C25H23NO10S2. The number of aromatic hydroxyl groups is 1. The number of hydrogen-bond acceptors (Lipinski definition) is 10. The Morgan fingerprint density at radius 3 is 2.08 bits per heavy atom. The molecule has 0 aliphatic carbocycles. The molecule has 13 heteroatoms. The van der Waals surface area contributed by atoms with Crippen molar-refractivity contribution in [3.8, 4) is 17.2 Å².